The summed E-state index contributed by atoms with van der Waals surface area (Å²) in [6.07, 6.45) is 3.36. The van der Waals surface area contributed by atoms with Crippen LogP contribution in [-0.4, -0.2) is 42.1 Å². The smallest absolute Gasteiger partial charge is 0.337 e. The maximum Gasteiger partial charge on any atom is 0.337 e. The number of pyridine rings is 1. The molecule has 0 aliphatic carbocycles. The molecule has 0 radical (unpaired) electrons. The summed E-state index contributed by atoms with van der Waals surface area (Å²) in [7, 11) is 0.680. The molecule has 178 valence electrons. The van der Waals surface area contributed by atoms with Crippen molar-refractivity contribution in [1.29, 1.82) is 0 Å². The number of ether oxygens (including phenoxy) is 2. The standard InChI is InChI=1S/C26H23N3O5S/c1-16-5-8-18(9-6-16)35(31,32)29-23(14-20-24(33-3)11-12-27-25(20)29)21-15-28(2)22-10-7-17(13-19(21)22)26(30)34-4/h5-15H,1-4H3. The minimum Gasteiger partial charge on any atom is -0.496 e. The summed E-state index contributed by atoms with van der Waals surface area (Å²) in [6, 6.07) is 15.3. The number of benzene rings is 2. The molecule has 0 fully saturated rings. The van der Waals surface area contributed by atoms with Crippen LogP contribution in [-0.2, 0) is 21.8 Å². The molecule has 0 amide bonds. The van der Waals surface area contributed by atoms with Crippen LogP contribution in [0, 0.1) is 6.92 Å². The molecule has 3 heterocycles. The number of carbonyl (C=O) groups is 1. The Hall–Kier alpha value is -4.11. The third kappa shape index (κ3) is 3.55. The maximum absolute atomic E-state index is 14.0. The van der Waals surface area contributed by atoms with Gasteiger partial charge in [0.2, 0.25) is 0 Å². The van der Waals surface area contributed by atoms with Gasteiger partial charge < -0.3 is 14.0 Å². The minimum absolute atomic E-state index is 0.141. The van der Waals surface area contributed by atoms with E-state index in [9.17, 15) is 13.2 Å². The predicted octanol–water partition coefficient (Wildman–Crippen LogP) is 4.54. The molecule has 0 saturated carbocycles. The molecule has 0 N–H and O–H groups in total. The highest BCUT2D eigenvalue weighted by atomic mass is 32.2. The van der Waals surface area contributed by atoms with Crippen molar-refractivity contribution in [3.8, 4) is 17.0 Å². The Balaban J connectivity index is 1.88. The van der Waals surface area contributed by atoms with Crippen LogP contribution in [0.2, 0.25) is 0 Å². The number of rotatable bonds is 5. The monoisotopic (exact) mass is 489 g/mol. The Labute approximate surface area is 202 Å². The summed E-state index contributed by atoms with van der Waals surface area (Å²) < 4.78 is 41.5. The van der Waals surface area contributed by atoms with E-state index in [0.717, 1.165) is 11.1 Å². The summed E-state index contributed by atoms with van der Waals surface area (Å²) in [6.45, 7) is 1.90. The number of hydrogen-bond acceptors (Lipinski definition) is 6. The molecule has 3 aromatic heterocycles. The first kappa shape index (κ1) is 22.7. The fraction of sp³-hybridized carbons (Fsp3) is 0.154. The van der Waals surface area contributed by atoms with E-state index in [4.69, 9.17) is 9.47 Å². The first-order valence-corrected chi connectivity index (χ1v) is 12.2. The van der Waals surface area contributed by atoms with Crippen molar-refractivity contribution in [2.75, 3.05) is 14.2 Å². The van der Waals surface area contributed by atoms with E-state index in [1.54, 1.807) is 48.5 Å². The Bertz CT molecular complexity index is 1710. The summed E-state index contributed by atoms with van der Waals surface area (Å²) in [5, 5.41) is 1.26. The van der Waals surface area contributed by atoms with Gasteiger partial charge in [-0.15, -0.1) is 0 Å². The average molecular weight is 490 g/mol. The van der Waals surface area contributed by atoms with Crippen molar-refractivity contribution in [2.45, 2.75) is 11.8 Å². The van der Waals surface area contributed by atoms with Gasteiger partial charge in [-0.3, -0.25) is 0 Å². The van der Waals surface area contributed by atoms with Gasteiger partial charge in [0.1, 0.15) is 5.75 Å². The SMILES string of the molecule is COC(=O)c1ccc2c(c1)c(-c1cc3c(OC)ccnc3n1S(=O)(=O)c1ccc(C)cc1)cn2C. The number of carbonyl (C=O) groups excluding carboxylic acids is 1. The molecule has 35 heavy (non-hydrogen) atoms. The zero-order chi connectivity index (χ0) is 24.9. The third-order valence-electron chi connectivity index (χ3n) is 6.09. The van der Waals surface area contributed by atoms with E-state index in [1.165, 1.54) is 24.4 Å². The summed E-state index contributed by atoms with van der Waals surface area (Å²) >= 11 is 0. The Morgan fingerprint density at radius 2 is 1.71 bits per heavy atom. The second kappa shape index (κ2) is 8.28. The van der Waals surface area contributed by atoms with Gasteiger partial charge in [-0.05, 0) is 49.4 Å². The topological polar surface area (TPSA) is 92.4 Å². The van der Waals surface area contributed by atoms with E-state index in [0.29, 0.717) is 33.3 Å². The Morgan fingerprint density at radius 3 is 2.40 bits per heavy atom. The van der Waals surface area contributed by atoms with Crippen LogP contribution in [0.5, 0.6) is 5.75 Å². The van der Waals surface area contributed by atoms with E-state index in [1.807, 2.05) is 30.8 Å². The molecular weight excluding hydrogens is 466 g/mol. The van der Waals surface area contributed by atoms with Crippen LogP contribution < -0.4 is 4.74 Å². The van der Waals surface area contributed by atoms with Gasteiger partial charge >= 0.3 is 5.97 Å². The lowest BCUT2D eigenvalue weighted by molar-refractivity contribution is 0.0601. The van der Waals surface area contributed by atoms with Gasteiger partial charge in [0, 0.05) is 35.9 Å². The maximum atomic E-state index is 14.0. The van der Waals surface area contributed by atoms with E-state index in [2.05, 4.69) is 4.98 Å². The van der Waals surface area contributed by atoms with Crippen LogP contribution in [0.15, 0.2) is 71.9 Å². The molecule has 5 rings (SSSR count). The number of fused-ring (bicyclic) bond motifs is 2. The number of esters is 1. The summed E-state index contributed by atoms with van der Waals surface area (Å²) in [5.74, 6) is 0.0300. The normalized spacial score (nSPS) is 11.8. The number of methoxy groups -OCH3 is 2. The van der Waals surface area contributed by atoms with Gasteiger partial charge in [0.05, 0.1) is 35.8 Å². The molecule has 0 saturated heterocycles. The highest BCUT2D eigenvalue weighted by molar-refractivity contribution is 7.90. The van der Waals surface area contributed by atoms with Gasteiger partial charge in [-0.1, -0.05) is 17.7 Å². The van der Waals surface area contributed by atoms with E-state index < -0.39 is 16.0 Å². The largest absolute Gasteiger partial charge is 0.496 e. The summed E-state index contributed by atoms with van der Waals surface area (Å²) in [4.78, 5) is 16.8. The lowest BCUT2D eigenvalue weighted by Crippen LogP contribution is -2.14. The molecule has 0 bridgehead atoms. The third-order valence-corrected chi connectivity index (χ3v) is 7.81. The highest BCUT2D eigenvalue weighted by Gasteiger charge is 2.28. The fourth-order valence-electron chi connectivity index (χ4n) is 4.32. The number of aryl methyl sites for hydroxylation is 2. The Morgan fingerprint density at radius 1 is 0.971 bits per heavy atom. The molecule has 5 aromatic rings. The van der Waals surface area contributed by atoms with Crippen molar-refractivity contribution in [3.63, 3.8) is 0 Å². The molecule has 8 nitrogen and oxygen atoms in total. The first-order valence-electron chi connectivity index (χ1n) is 10.8. The average Bonchev–Trinajstić information content (AvgIpc) is 3.41. The zero-order valence-corrected chi connectivity index (χ0v) is 20.5. The highest BCUT2D eigenvalue weighted by Crippen LogP contribution is 2.39. The van der Waals surface area contributed by atoms with Crippen LogP contribution in [0.4, 0.5) is 0 Å². The molecule has 0 aliphatic rings. The van der Waals surface area contributed by atoms with Crippen LogP contribution in [0.25, 0.3) is 33.2 Å². The van der Waals surface area contributed by atoms with Crippen LogP contribution in [0.1, 0.15) is 15.9 Å². The lowest BCUT2D eigenvalue weighted by atomic mass is 10.1. The molecule has 0 spiro atoms. The minimum atomic E-state index is -4.04. The lowest BCUT2D eigenvalue weighted by Gasteiger charge is -2.12. The second-order valence-corrected chi connectivity index (χ2v) is 10.0. The predicted molar refractivity (Wildman–Crippen MR) is 133 cm³/mol. The van der Waals surface area contributed by atoms with Crippen LogP contribution in [0.3, 0.4) is 0 Å². The van der Waals surface area contributed by atoms with Crippen molar-refractivity contribution in [3.05, 3.63) is 78.1 Å². The van der Waals surface area contributed by atoms with E-state index in [-0.39, 0.29) is 10.5 Å². The van der Waals surface area contributed by atoms with Crippen molar-refractivity contribution in [2.24, 2.45) is 7.05 Å². The summed E-state index contributed by atoms with van der Waals surface area (Å²) in [5.41, 5.74) is 3.44. The van der Waals surface area contributed by atoms with Gasteiger partial charge in [-0.25, -0.2) is 22.2 Å². The second-order valence-electron chi connectivity index (χ2n) is 8.24. The molecule has 0 unspecified atom stereocenters. The number of nitrogens with zero attached hydrogens (tertiary/aromatic N) is 3. The molecule has 0 aliphatic heterocycles. The quantitative estimate of drug-likeness (QED) is 0.337. The van der Waals surface area contributed by atoms with Gasteiger partial charge in [0.25, 0.3) is 10.0 Å². The molecule has 2 aromatic carbocycles. The number of aromatic nitrogens is 3. The molecule has 0 atom stereocenters. The van der Waals surface area contributed by atoms with Crippen LogP contribution >= 0.6 is 0 Å². The fourth-order valence-corrected chi connectivity index (χ4v) is 5.79. The first-order chi connectivity index (χ1) is 16.8. The molecule has 9 heteroatoms. The van der Waals surface area contributed by atoms with Crippen molar-refractivity contribution < 1.29 is 22.7 Å². The van der Waals surface area contributed by atoms with E-state index >= 15 is 0 Å². The van der Waals surface area contributed by atoms with Gasteiger partial charge in [0.15, 0.2) is 5.65 Å². The zero-order valence-electron chi connectivity index (χ0n) is 19.6. The van der Waals surface area contributed by atoms with Gasteiger partial charge in [-0.2, -0.15) is 0 Å². The number of hydrogen-bond donors (Lipinski definition) is 0. The Kier molecular flexibility index (Phi) is 5.36. The van der Waals surface area contributed by atoms with Crippen molar-refractivity contribution in [1.82, 2.24) is 13.5 Å². The van der Waals surface area contributed by atoms with Crippen molar-refractivity contribution >= 4 is 37.9 Å². The molecular formula is C26H23N3O5S.